The molecule has 2 amide bonds. The van der Waals surface area contributed by atoms with Crippen molar-refractivity contribution in [2.45, 2.75) is 68.5 Å². The van der Waals surface area contributed by atoms with Gasteiger partial charge < -0.3 is 20.1 Å². The average molecular weight is 489 g/mol. The fraction of sp³-hybridized carbons (Fsp3) is 0.517. The van der Waals surface area contributed by atoms with E-state index in [4.69, 9.17) is 4.74 Å². The summed E-state index contributed by atoms with van der Waals surface area (Å²) in [5.74, 6) is 0.517. The quantitative estimate of drug-likeness (QED) is 0.597. The van der Waals surface area contributed by atoms with E-state index in [0.717, 1.165) is 51.5 Å². The van der Waals surface area contributed by atoms with E-state index in [1.54, 1.807) is 30.2 Å². The van der Waals surface area contributed by atoms with E-state index in [2.05, 4.69) is 42.6 Å². The van der Waals surface area contributed by atoms with Crippen molar-refractivity contribution >= 4 is 11.7 Å². The van der Waals surface area contributed by atoms with Crippen molar-refractivity contribution in [1.82, 2.24) is 10.2 Å². The minimum atomic E-state index is -0.803. The highest BCUT2D eigenvalue weighted by Gasteiger charge is 2.56. The number of hydrogen-bond donors (Lipinski definition) is 2. The molecule has 7 heteroatoms. The van der Waals surface area contributed by atoms with Gasteiger partial charge in [0, 0.05) is 11.6 Å². The number of nitriles is 1. The number of nitrogens with one attached hydrogen (secondary N) is 1. The number of carbonyl (C=O) groups excluding carboxylic acids is 1. The summed E-state index contributed by atoms with van der Waals surface area (Å²) < 4.78 is 5.59. The summed E-state index contributed by atoms with van der Waals surface area (Å²) in [5.41, 5.74) is 1.17. The Kier molecular flexibility index (Phi) is 6.44. The van der Waals surface area contributed by atoms with Crippen LogP contribution in [-0.4, -0.2) is 53.9 Å². The number of methoxy groups -OCH3 is 1. The molecule has 1 aliphatic heterocycles. The second kappa shape index (κ2) is 9.42. The third-order valence-corrected chi connectivity index (χ3v) is 8.70. The smallest absolute Gasteiger partial charge is 0.325 e. The van der Waals surface area contributed by atoms with Crippen LogP contribution in [0.25, 0.3) is 0 Å². The van der Waals surface area contributed by atoms with Gasteiger partial charge in [-0.2, -0.15) is 5.26 Å². The number of rotatable bonds is 7. The van der Waals surface area contributed by atoms with Crippen molar-refractivity contribution in [3.63, 3.8) is 0 Å². The molecular weight excluding hydrogens is 452 g/mol. The zero-order valence-corrected chi connectivity index (χ0v) is 21.3. The molecule has 190 valence electrons. The number of aliphatic hydroxyl groups is 1. The summed E-state index contributed by atoms with van der Waals surface area (Å²) in [7, 11) is 1.57. The third kappa shape index (κ3) is 4.12. The van der Waals surface area contributed by atoms with E-state index in [9.17, 15) is 15.2 Å². The minimum Gasteiger partial charge on any atom is -0.495 e. The predicted molar refractivity (Wildman–Crippen MR) is 139 cm³/mol. The van der Waals surface area contributed by atoms with E-state index in [-0.39, 0.29) is 17.1 Å². The first kappa shape index (κ1) is 24.6. The molecule has 2 aromatic rings. The van der Waals surface area contributed by atoms with Crippen molar-refractivity contribution in [3.8, 4) is 11.8 Å². The molecule has 7 nitrogen and oxygen atoms in total. The van der Waals surface area contributed by atoms with E-state index in [1.807, 2.05) is 11.0 Å². The van der Waals surface area contributed by atoms with E-state index in [0.29, 0.717) is 30.1 Å². The third-order valence-electron chi connectivity index (χ3n) is 8.70. The Morgan fingerprint density at radius 2 is 1.81 bits per heavy atom. The van der Waals surface area contributed by atoms with Crippen molar-refractivity contribution in [1.29, 1.82) is 5.26 Å². The molecule has 0 unspecified atom stereocenters. The summed E-state index contributed by atoms with van der Waals surface area (Å²) in [6.45, 7) is 3.92. The normalized spacial score (nSPS) is 27.1. The summed E-state index contributed by atoms with van der Waals surface area (Å²) in [4.78, 5) is 17.7. The maximum Gasteiger partial charge on any atom is 0.325 e. The molecule has 1 saturated heterocycles. The first-order valence-corrected chi connectivity index (χ1v) is 13.1. The van der Waals surface area contributed by atoms with Crippen LogP contribution in [0.1, 0.15) is 63.0 Å². The Morgan fingerprint density at radius 3 is 2.39 bits per heavy atom. The molecule has 3 aliphatic rings. The Bertz CT molecular complexity index is 1150. The topological polar surface area (TPSA) is 88.8 Å². The van der Waals surface area contributed by atoms with Crippen LogP contribution in [-0.2, 0) is 5.54 Å². The van der Waals surface area contributed by atoms with Crippen molar-refractivity contribution in [3.05, 3.63) is 59.7 Å². The monoisotopic (exact) mass is 488 g/mol. The standard InChI is InChI=1S/C29H36N4O3/c1-3-31-29(23-8-5-4-6-9-23)16-14-27(15-17-29)20-32(24-11-10-22(19-30)18-25(24)36-2)26(34)33(27)21-28(35)12-7-13-28/h4-6,8-11,18,31,35H,3,7,12-17,20-21H2,1-2H3/t27-,29+. The van der Waals surface area contributed by atoms with E-state index in [1.165, 1.54) is 5.56 Å². The largest absolute Gasteiger partial charge is 0.495 e. The summed E-state index contributed by atoms with van der Waals surface area (Å²) in [5, 5.41) is 24.2. The summed E-state index contributed by atoms with van der Waals surface area (Å²) >= 11 is 0. The molecule has 1 spiro atoms. The van der Waals surface area contributed by atoms with Gasteiger partial charge in [0.1, 0.15) is 5.75 Å². The van der Waals surface area contributed by atoms with Crippen LogP contribution in [0.2, 0.25) is 0 Å². The second-order valence-electron chi connectivity index (χ2n) is 10.7. The van der Waals surface area contributed by atoms with Gasteiger partial charge in [-0.05, 0) is 69.2 Å². The fourth-order valence-corrected chi connectivity index (χ4v) is 6.46. The van der Waals surface area contributed by atoms with Gasteiger partial charge in [0.2, 0.25) is 0 Å². The Hall–Kier alpha value is -3.08. The molecular formula is C29H36N4O3. The number of hydrogen-bond acceptors (Lipinski definition) is 5. The molecule has 0 aromatic heterocycles. The van der Waals surface area contributed by atoms with Crippen LogP contribution in [0.3, 0.4) is 0 Å². The van der Waals surface area contributed by atoms with Crippen LogP contribution in [0.4, 0.5) is 10.5 Å². The Morgan fingerprint density at radius 1 is 1.08 bits per heavy atom. The number of nitrogens with zero attached hydrogens (tertiary/aromatic N) is 3. The van der Waals surface area contributed by atoms with Crippen LogP contribution in [0.5, 0.6) is 5.75 Å². The van der Waals surface area contributed by atoms with Gasteiger partial charge in [0.25, 0.3) is 0 Å². The number of urea groups is 1. The molecule has 1 heterocycles. The summed E-state index contributed by atoms with van der Waals surface area (Å²) in [6.07, 6.45) is 5.96. The van der Waals surface area contributed by atoms with Crippen molar-refractivity contribution in [2.24, 2.45) is 0 Å². The highest BCUT2D eigenvalue weighted by molar-refractivity contribution is 5.97. The molecule has 0 atom stereocenters. The minimum absolute atomic E-state index is 0.0889. The van der Waals surface area contributed by atoms with Crippen molar-refractivity contribution < 1.29 is 14.6 Å². The highest BCUT2D eigenvalue weighted by Crippen LogP contribution is 2.49. The molecule has 2 saturated carbocycles. The lowest BCUT2D eigenvalue weighted by Gasteiger charge is -2.50. The van der Waals surface area contributed by atoms with Gasteiger partial charge in [-0.3, -0.25) is 4.90 Å². The Labute approximate surface area is 213 Å². The maximum absolute atomic E-state index is 14.0. The Balaban J connectivity index is 1.49. The fourth-order valence-electron chi connectivity index (χ4n) is 6.46. The van der Waals surface area contributed by atoms with Gasteiger partial charge in [-0.15, -0.1) is 0 Å². The summed E-state index contributed by atoms with van der Waals surface area (Å²) in [6, 6.07) is 17.9. The number of amides is 2. The number of carbonyl (C=O) groups is 1. The molecule has 2 N–H and O–H groups in total. The highest BCUT2D eigenvalue weighted by atomic mass is 16.5. The van der Waals surface area contributed by atoms with Gasteiger partial charge >= 0.3 is 6.03 Å². The first-order chi connectivity index (χ1) is 17.4. The number of benzene rings is 2. The van der Waals surface area contributed by atoms with Crippen LogP contribution >= 0.6 is 0 Å². The van der Waals surface area contributed by atoms with Gasteiger partial charge in [-0.1, -0.05) is 37.3 Å². The lowest BCUT2D eigenvalue weighted by atomic mass is 9.68. The lowest BCUT2D eigenvalue weighted by molar-refractivity contribution is -0.0691. The average Bonchev–Trinajstić information content (AvgIpc) is 3.15. The van der Waals surface area contributed by atoms with E-state index < -0.39 is 5.60 Å². The number of β-amino-alcohol motifs (C(OH)–C–C–N with tert-alkyl or cyclic N) is 1. The molecule has 5 rings (SSSR count). The van der Waals surface area contributed by atoms with Gasteiger partial charge in [0.15, 0.2) is 0 Å². The molecule has 36 heavy (non-hydrogen) atoms. The number of ether oxygens (including phenoxy) is 1. The molecule has 2 aliphatic carbocycles. The van der Waals surface area contributed by atoms with Gasteiger partial charge in [-0.25, -0.2) is 4.79 Å². The van der Waals surface area contributed by atoms with Crippen LogP contribution < -0.4 is 15.0 Å². The number of anilines is 1. The van der Waals surface area contributed by atoms with Gasteiger partial charge in [0.05, 0.1) is 48.7 Å². The lowest BCUT2D eigenvalue weighted by Crippen LogP contribution is -2.59. The molecule has 3 fully saturated rings. The van der Waals surface area contributed by atoms with E-state index >= 15 is 0 Å². The van der Waals surface area contributed by atoms with Crippen LogP contribution in [0, 0.1) is 11.3 Å². The van der Waals surface area contributed by atoms with Crippen LogP contribution in [0.15, 0.2) is 48.5 Å². The zero-order chi connectivity index (χ0) is 25.4. The molecule has 2 aromatic carbocycles. The zero-order valence-electron chi connectivity index (χ0n) is 21.3. The van der Waals surface area contributed by atoms with Crippen molar-refractivity contribution in [2.75, 3.05) is 31.6 Å². The molecule has 0 radical (unpaired) electrons. The predicted octanol–water partition coefficient (Wildman–Crippen LogP) is 4.54. The first-order valence-electron chi connectivity index (χ1n) is 13.1. The maximum atomic E-state index is 14.0. The molecule has 0 bridgehead atoms. The SMILES string of the molecule is CCN[C@]1(c2ccccc2)CC[C@]2(CC1)CN(c1ccc(C#N)cc1OC)C(=O)N2CC1(O)CCC1. The second-order valence-corrected chi connectivity index (χ2v) is 10.7.